The summed E-state index contributed by atoms with van der Waals surface area (Å²) >= 11 is 0. The standard InChI is InChI=1S/C24H30N2O4/c1-17(2)12-24(27)26(15-18-6-5-7-21(13-18)29-4)16-22-14-23(25-30-22)19-8-10-20(28-3)11-9-19/h5-11,13,17,22H,12,14-16H2,1-4H3/t22-/m1/s1. The molecule has 0 aliphatic carbocycles. The number of benzene rings is 2. The number of rotatable bonds is 9. The Morgan fingerprint density at radius 2 is 1.87 bits per heavy atom. The third-order valence-electron chi connectivity index (χ3n) is 5.02. The second-order valence-electron chi connectivity index (χ2n) is 7.92. The molecule has 1 amide bonds. The molecule has 0 unspecified atom stereocenters. The van der Waals surface area contributed by atoms with Gasteiger partial charge in [0.1, 0.15) is 11.5 Å². The summed E-state index contributed by atoms with van der Waals surface area (Å²) in [7, 11) is 3.29. The summed E-state index contributed by atoms with van der Waals surface area (Å²) in [5, 5.41) is 4.27. The van der Waals surface area contributed by atoms with E-state index in [1.54, 1.807) is 14.2 Å². The van der Waals surface area contributed by atoms with Crippen LogP contribution in [0.1, 0.15) is 37.8 Å². The van der Waals surface area contributed by atoms with E-state index in [-0.39, 0.29) is 12.0 Å². The van der Waals surface area contributed by atoms with Crippen LogP contribution in [0.3, 0.4) is 0 Å². The number of methoxy groups -OCH3 is 2. The van der Waals surface area contributed by atoms with E-state index in [9.17, 15) is 4.79 Å². The molecule has 0 fully saturated rings. The van der Waals surface area contributed by atoms with Crippen LogP contribution in [-0.4, -0.2) is 43.4 Å². The molecule has 6 nitrogen and oxygen atoms in total. The highest BCUT2D eigenvalue weighted by atomic mass is 16.6. The molecule has 1 atom stereocenters. The van der Waals surface area contributed by atoms with Crippen LogP contribution in [0.15, 0.2) is 53.7 Å². The number of hydrogen-bond acceptors (Lipinski definition) is 5. The van der Waals surface area contributed by atoms with Crippen molar-refractivity contribution in [2.75, 3.05) is 20.8 Å². The SMILES string of the molecule is COc1ccc(C2=NO[C@@H](CN(Cc3cccc(OC)c3)C(=O)CC(C)C)C2)cc1. The van der Waals surface area contributed by atoms with Crippen molar-refractivity contribution in [1.29, 1.82) is 0 Å². The van der Waals surface area contributed by atoms with Crippen LogP contribution in [0, 0.1) is 5.92 Å². The molecule has 2 aromatic rings. The Morgan fingerprint density at radius 3 is 2.53 bits per heavy atom. The zero-order valence-electron chi connectivity index (χ0n) is 18.1. The van der Waals surface area contributed by atoms with Gasteiger partial charge >= 0.3 is 0 Å². The maximum absolute atomic E-state index is 12.9. The average molecular weight is 411 g/mol. The van der Waals surface area contributed by atoms with Crippen molar-refractivity contribution in [3.8, 4) is 11.5 Å². The molecule has 1 heterocycles. The van der Waals surface area contributed by atoms with E-state index in [4.69, 9.17) is 14.3 Å². The summed E-state index contributed by atoms with van der Waals surface area (Å²) in [6.45, 7) is 5.11. The predicted molar refractivity (Wildman–Crippen MR) is 117 cm³/mol. The van der Waals surface area contributed by atoms with Gasteiger partial charge in [0.25, 0.3) is 0 Å². The number of oxime groups is 1. The molecule has 6 heteroatoms. The van der Waals surface area contributed by atoms with Crippen molar-refractivity contribution in [2.45, 2.75) is 39.3 Å². The van der Waals surface area contributed by atoms with Gasteiger partial charge in [0, 0.05) is 19.4 Å². The maximum atomic E-state index is 12.9. The van der Waals surface area contributed by atoms with Gasteiger partial charge in [-0.25, -0.2) is 0 Å². The normalized spacial score (nSPS) is 15.5. The Hall–Kier alpha value is -3.02. The molecule has 0 radical (unpaired) electrons. The molecule has 1 aliphatic rings. The third kappa shape index (κ3) is 5.75. The maximum Gasteiger partial charge on any atom is 0.223 e. The van der Waals surface area contributed by atoms with Crippen LogP contribution in [0.4, 0.5) is 0 Å². The van der Waals surface area contributed by atoms with Crippen molar-refractivity contribution in [3.63, 3.8) is 0 Å². The van der Waals surface area contributed by atoms with E-state index in [0.717, 1.165) is 28.3 Å². The van der Waals surface area contributed by atoms with Gasteiger partial charge in [-0.15, -0.1) is 0 Å². The van der Waals surface area contributed by atoms with Crippen molar-refractivity contribution >= 4 is 11.6 Å². The Labute approximate surface area is 178 Å². The number of carbonyl (C=O) groups excluding carboxylic acids is 1. The molecule has 160 valence electrons. The van der Waals surface area contributed by atoms with Gasteiger partial charge < -0.3 is 19.2 Å². The number of carbonyl (C=O) groups is 1. The van der Waals surface area contributed by atoms with Crippen LogP contribution in [0.2, 0.25) is 0 Å². The lowest BCUT2D eigenvalue weighted by molar-refractivity contribution is -0.134. The van der Waals surface area contributed by atoms with E-state index < -0.39 is 0 Å². The second-order valence-corrected chi connectivity index (χ2v) is 7.92. The zero-order chi connectivity index (χ0) is 21.5. The van der Waals surface area contributed by atoms with E-state index in [1.807, 2.05) is 53.4 Å². The first-order chi connectivity index (χ1) is 14.5. The van der Waals surface area contributed by atoms with Crippen LogP contribution in [-0.2, 0) is 16.2 Å². The molecule has 3 rings (SSSR count). The van der Waals surface area contributed by atoms with Crippen molar-refractivity contribution in [3.05, 3.63) is 59.7 Å². The van der Waals surface area contributed by atoms with Gasteiger partial charge in [-0.3, -0.25) is 4.79 Å². The van der Waals surface area contributed by atoms with Gasteiger partial charge in [-0.2, -0.15) is 0 Å². The zero-order valence-corrected chi connectivity index (χ0v) is 18.1. The molecule has 0 N–H and O–H groups in total. The molecule has 30 heavy (non-hydrogen) atoms. The van der Waals surface area contributed by atoms with Crippen molar-refractivity contribution in [2.24, 2.45) is 11.1 Å². The molecule has 0 spiro atoms. The molecule has 0 saturated carbocycles. The van der Waals surface area contributed by atoms with Gasteiger partial charge in [0.2, 0.25) is 5.91 Å². The van der Waals surface area contributed by atoms with Gasteiger partial charge in [0.05, 0.1) is 26.5 Å². The Morgan fingerprint density at radius 1 is 1.13 bits per heavy atom. The summed E-state index contributed by atoms with van der Waals surface area (Å²) in [5.74, 6) is 2.00. The first-order valence-corrected chi connectivity index (χ1v) is 10.3. The van der Waals surface area contributed by atoms with Crippen LogP contribution >= 0.6 is 0 Å². The van der Waals surface area contributed by atoms with Crippen molar-refractivity contribution < 1.29 is 19.1 Å². The Balaban J connectivity index is 1.67. The third-order valence-corrected chi connectivity index (χ3v) is 5.02. The smallest absolute Gasteiger partial charge is 0.223 e. The summed E-state index contributed by atoms with van der Waals surface area (Å²) in [6.07, 6.45) is 1.00. The number of amides is 1. The number of ether oxygens (including phenoxy) is 2. The highest BCUT2D eigenvalue weighted by Gasteiger charge is 2.27. The summed E-state index contributed by atoms with van der Waals surface area (Å²) in [5.41, 5.74) is 2.92. The molecular weight excluding hydrogens is 380 g/mol. The molecule has 0 bridgehead atoms. The molecule has 1 aliphatic heterocycles. The molecular formula is C24H30N2O4. The summed E-state index contributed by atoms with van der Waals surface area (Å²) in [4.78, 5) is 20.5. The van der Waals surface area contributed by atoms with Crippen LogP contribution in [0.5, 0.6) is 11.5 Å². The predicted octanol–water partition coefficient (Wildman–Crippen LogP) is 4.27. The minimum absolute atomic E-state index is 0.120. The lowest BCUT2D eigenvalue weighted by Gasteiger charge is -2.26. The second kappa shape index (κ2) is 10.1. The fourth-order valence-corrected chi connectivity index (χ4v) is 3.45. The van der Waals surface area contributed by atoms with Crippen molar-refractivity contribution in [1.82, 2.24) is 4.90 Å². The van der Waals surface area contributed by atoms with Gasteiger partial charge in [0.15, 0.2) is 6.10 Å². The molecule has 0 saturated heterocycles. The topological polar surface area (TPSA) is 60.4 Å². The van der Waals surface area contributed by atoms with Gasteiger partial charge in [-0.05, 0) is 53.4 Å². The van der Waals surface area contributed by atoms with Crippen LogP contribution < -0.4 is 9.47 Å². The monoisotopic (exact) mass is 410 g/mol. The molecule has 2 aromatic carbocycles. The average Bonchev–Trinajstić information content (AvgIpc) is 3.21. The number of nitrogens with zero attached hydrogens (tertiary/aromatic N) is 2. The number of hydrogen-bond donors (Lipinski definition) is 0. The fraction of sp³-hybridized carbons (Fsp3) is 0.417. The summed E-state index contributed by atoms with van der Waals surface area (Å²) < 4.78 is 10.5. The van der Waals surface area contributed by atoms with E-state index in [1.165, 1.54) is 0 Å². The van der Waals surface area contributed by atoms with E-state index >= 15 is 0 Å². The highest BCUT2D eigenvalue weighted by Crippen LogP contribution is 2.22. The van der Waals surface area contributed by atoms with Crippen LogP contribution in [0.25, 0.3) is 0 Å². The first-order valence-electron chi connectivity index (χ1n) is 10.3. The lowest BCUT2D eigenvalue weighted by Crippen LogP contribution is -2.37. The quantitative estimate of drug-likeness (QED) is 0.619. The lowest BCUT2D eigenvalue weighted by atomic mass is 10.0. The minimum Gasteiger partial charge on any atom is -0.497 e. The molecule has 0 aromatic heterocycles. The first kappa shape index (κ1) is 21.7. The van der Waals surface area contributed by atoms with E-state index in [2.05, 4.69) is 19.0 Å². The Kier molecular flexibility index (Phi) is 7.33. The Bertz CT molecular complexity index is 877. The minimum atomic E-state index is -0.163. The largest absolute Gasteiger partial charge is 0.497 e. The highest BCUT2D eigenvalue weighted by molar-refractivity contribution is 6.01. The summed E-state index contributed by atoms with van der Waals surface area (Å²) in [6, 6.07) is 15.6. The van der Waals surface area contributed by atoms with E-state index in [0.29, 0.717) is 31.8 Å². The fourth-order valence-electron chi connectivity index (χ4n) is 3.45. The van der Waals surface area contributed by atoms with Gasteiger partial charge in [-0.1, -0.05) is 31.1 Å².